The Hall–Kier alpha value is -3.06. The van der Waals surface area contributed by atoms with E-state index >= 15 is 0 Å². The number of nitrogens with zero attached hydrogens (tertiary/aromatic N) is 5. The van der Waals surface area contributed by atoms with Crippen molar-refractivity contribution in [2.24, 2.45) is 7.05 Å². The number of ether oxygens (including phenoxy) is 1. The first kappa shape index (κ1) is 26.5. The zero-order valence-corrected chi connectivity index (χ0v) is 23.9. The van der Waals surface area contributed by atoms with Crippen LogP contribution in [0.3, 0.4) is 0 Å². The third-order valence-corrected chi connectivity index (χ3v) is 8.06. The minimum Gasteiger partial charge on any atom is -0.444 e. The number of aryl methyl sites for hydroxylation is 1. The van der Waals surface area contributed by atoms with E-state index in [2.05, 4.69) is 71.7 Å². The van der Waals surface area contributed by atoms with Crippen LogP contribution in [-0.4, -0.2) is 76.4 Å². The number of benzene rings is 2. The molecule has 0 aliphatic carbocycles. The fourth-order valence-electron chi connectivity index (χ4n) is 5.80. The number of carbonyl (C=O) groups is 1. The van der Waals surface area contributed by atoms with Gasteiger partial charge in [-0.25, -0.2) is 9.78 Å². The quantitative estimate of drug-likeness (QED) is 0.432. The zero-order chi connectivity index (χ0) is 27.0. The Kier molecular flexibility index (Phi) is 7.40. The molecule has 0 N–H and O–H groups in total. The Labute approximate surface area is 227 Å². The van der Waals surface area contributed by atoms with Gasteiger partial charge in [-0.3, -0.25) is 4.90 Å². The Bertz CT molecular complexity index is 1260. The van der Waals surface area contributed by atoms with Crippen LogP contribution < -0.4 is 4.90 Å². The number of aromatic nitrogens is 2. The lowest BCUT2D eigenvalue weighted by Gasteiger charge is -2.38. The van der Waals surface area contributed by atoms with E-state index in [1.165, 1.54) is 22.4 Å². The van der Waals surface area contributed by atoms with Crippen LogP contribution in [0.25, 0.3) is 22.2 Å². The van der Waals surface area contributed by atoms with E-state index in [-0.39, 0.29) is 6.09 Å². The molecule has 1 aromatic heterocycles. The fourth-order valence-corrected chi connectivity index (χ4v) is 5.80. The van der Waals surface area contributed by atoms with E-state index < -0.39 is 5.60 Å². The molecule has 3 aromatic rings. The standard InChI is InChI=1S/C31H43N5O2/c1-22(2)34-15-17-35(18-16-34)26-9-7-23(8-10-26)25-19-27(29-28(20-25)33(6)21-32-29)24-11-13-36(14-12-24)30(37)38-31(3,4)5/h7-10,19-22,24H,11-18H2,1-6H3. The van der Waals surface area contributed by atoms with Crippen molar-refractivity contribution in [3.05, 3.63) is 48.3 Å². The lowest BCUT2D eigenvalue weighted by atomic mass is 9.86. The number of carbonyl (C=O) groups excluding carboxylic acids is 1. The smallest absolute Gasteiger partial charge is 0.410 e. The van der Waals surface area contributed by atoms with Crippen molar-refractivity contribution in [1.29, 1.82) is 0 Å². The summed E-state index contributed by atoms with van der Waals surface area (Å²) in [6, 6.07) is 14.3. The molecule has 0 saturated carbocycles. The third-order valence-electron chi connectivity index (χ3n) is 8.06. The van der Waals surface area contributed by atoms with Crippen molar-refractivity contribution < 1.29 is 9.53 Å². The van der Waals surface area contributed by atoms with Gasteiger partial charge in [0.05, 0.1) is 17.4 Å². The minimum atomic E-state index is -0.472. The summed E-state index contributed by atoms with van der Waals surface area (Å²) in [4.78, 5) is 24.2. The van der Waals surface area contributed by atoms with Gasteiger partial charge >= 0.3 is 6.09 Å². The van der Waals surface area contributed by atoms with Crippen molar-refractivity contribution in [1.82, 2.24) is 19.4 Å². The molecule has 5 rings (SSSR count). The fraction of sp³-hybridized carbons (Fsp3) is 0.548. The highest BCUT2D eigenvalue weighted by molar-refractivity contribution is 5.86. The molecule has 0 bridgehead atoms. The van der Waals surface area contributed by atoms with Gasteiger partial charge in [0.1, 0.15) is 5.60 Å². The number of piperidine rings is 1. The Balaban J connectivity index is 1.34. The molecular formula is C31H43N5O2. The van der Waals surface area contributed by atoms with Crippen LogP contribution in [-0.2, 0) is 11.8 Å². The second-order valence-electron chi connectivity index (χ2n) is 12.2. The molecule has 1 amide bonds. The van der Waals surface area contributed by atoms with Gasteiger partial charge in [0.2, 0.25) is 0 Å². The summed E-state index contributed by atoms with van der Waals surface area (Å²) in [5.41, 5.74) is 6.80. The summed E-state index contributed by atoms with van der Waals surface area (Å²) in [6.07, 6.45) is 3.53. The number of imidazole rings is 1. The number of hydrogen-bond donors (Lipinski definition) is 0. The molecule has 0 atom stereocenters. The van der Waals surface area contributed by atoms with Crippen LogP contribution in [0.4, 0.5) is 10.5 Å². The van der Waals surface area contributed by atoms with Crippen LogP contribution in [0.1, 0.15) is 58.9 Å². The summed E-state index contributed by atoms with van der Waals surface area (Å²) in [6.45, 7) is 16.1. The van der Waals surface area contributed by atoms with Gasteiger partial charge in [0, 0.05) is 58.0 Å². The van der Waals surface area contributed by atoms with Gasteiger partial charge in [0.25, 0.3) is 0 Å². The van der Waals surface area contributed by atoms with Gasteiger partial charge < -0.3 is 19.1 Å². The molecule has 7 heteroatoms. The molecule has 7 nitrogen and oxygen atoms in total. The van der Waals surface area contributed by atoms with Crippen molar-refractivity contribution in [3.63, 3.8) is 0 Å². The highest BCUT2D eigenvalue weighted by Gasteiger charge is 2.29. The molecular weight excluding hydrogens is 474 g/mol. The van der Waals surface area contributed by atoms with Gasteiger partial charge in [-0.15, -0.1) is 0 Å². The van der Waals surface area contributed by atoms with Crippen LogP contribution >= 0.6 is 0 Å². The summed E-state index contributed by atoms with van der Waals surface area (Å²) in [7, 11) is 2.06. The average molecular weight is 518 g/mol. The van der Waals surface area contributed by atoms with E-state index in [0.29, 0.717) is 25.0 Å². The molecule has 2 aliphatic rings. The van der Waals surface area contributed by atoms with Gasteiger partial charge in [-0.05, 0) is 94.3 Å². The first-order valence-electron chi connectivity index (χ1n) is 14.1. The van der Waals surface area contributed by atoms with Crippen LogP contribution in [0.5, 0.6) is 0 Å². The van der Waals surface area contributed by atoms with Crippen LogP contribution in [0.2, 0.25) is 0 Å². The first-order valence-corrected chi connectivity index (χ1v) is 14.1. The van der Waals surface area contributed by atoms with Crippen molar-refractivity contribution in [3.8, 4) is 11.1 Å². The number of fused-ring (bicyclic) bond motifs is 1. The zero-order valence-electron chi connectivity index (χ0n) is 23.9. The number of amides is 1. The Morgan fingerprint density at radius 3 is 2.21 bits per heavy atom. The van der Waals surface area contributed by atoms with E-state index in [0.717, 1.165) is 50.1 Å². The molecule has 0 radical (unpaired) electrons. The normalized spacial score (nSPS) is 18.0. The summed E-state index contributed by atoms with van der Waals surface area (Å²) in [5.74, 6) is 0.363. The maximum atomic E-state index is 12.6. The number of piperazine rings is 1. The predicted octanol–water partition coefficient (Wildman–Crippen LogP) is 5.89. The molecule has 0 unspecified atom stereocenters. The molecule has 2 fully saturated rings. The van der Waals surface area contributed by atoms with Crippen molar-refractivity contribution in [2.45, 2.75) is 65.0 Å². The SMILES string of the molecule is CC(C)N1CCN(c2ccc(-c3cc(C4CCN(C(=O)OC(C)(C)C)CC4)c4ncn(C)c4c3)cc2)CC1. The number of rotatable bonds is 4. The first-order chi connectivity index (χ1) is 18.1. The van der Waals surface area contributed by atoms with Gasteiger partial charge in [-0.1, -0.05) is 12.1 Å². The maximum Gasteiger partial charge on any atom is 0.410 e. The predicted molar refractivity (Wildman–Crippen MR) is 155 cm³/mol. The van der Waals surface area contributed by atoms with Crippen LogP contribution in [0.15, 0.2) is 42.7 Å². The Morgan fingerprint density at radius 2 is 1.61 bits per heavy atom. The summed E-state index contributed by atoms with van der Waals surface area (Å²) in [5, 5.41) is 0. The van der Waals surface area contributed by atoms with Gasteiger partial charge in [-0.2, -0.15) is 0 Å². The second-order valence-corrected chi connectivity index (χ2v) is 12.2. The van der Waals surface area contributed by atoms with Gasteiger partial charge in [0.15, 0.2) is 0 Å². The lowest BCUT2D eigenvalue weighted by Crippen LogP contribution is -2.48. The van der Waals surface area contributed by atoms with Crippen molar-refractivity contribution >= 4 is 22.8 Å². The third kappa shape index (κ3) is 5.68. The molecule has 0 spiro atoms. The number of anilines is 1. The monoisotopic (exact) mass is 517 g/mol. The molecule has 2 saturated heterocycles. The van der Waals surface area contributed by atoms with Crippen molar-refractivity contribution in [2.75, 3.05) is 44.2 Å². The summed E-state index contributed by atoms with van der Waals surface area (Å²) >= 11 is 0. The Morgan fingerprint density at radius 1 is 0.947 bits per heavy atom. The van der Waals surface area contributed by atoms with Crippen LogP contribution in [0, 0.1) is 0 Å². The minimum absolute atomic E-state index is 0.210. The lowest BCUT2D eigenvalue weighted by molar-refractivity contribution is 0.0205. The molecule has 38 heavy (non-hydrogen) atoms. The molecule has 3 heterocycles. The van der Waals surface area contributed by atoms with E-state index in [4.69, 9.17) is 9.72 Å². The average Bonchev–Trinajstić information content (AvgIpc) is 3.28. The van der Waals surface area contributed by atoms with E-state index in [1.54, 1.807) is 0 Å². The molecule has 2 aliphatic heterocycles. The largest absolute Gasteiger partial charge is 0.444 e. The highest BCUT2D eigenvalue weighted by atomic mass is 16.6. The number of hydrogen-bond acceptors (Lipinski definition) is 5. The number of likely N-dealkylation sites (tertiary alicyclic amines) is 1. The summed E-state index contributed by atoms with van der Waals surface area (Å²) < 4.78 is 7.72. The topological polar surface area (TPSA) is 53.8 Å². The highest BCUT2D eigenvalue weighted by Crippen LogP contribution is 2.37. The second kappa shape index (κ2) is 10.6. The molecule has 204 valence electrons. The van der Waals surface area contributed by atoms with E-state index in [1.807, 2.05) is 32.0 Å². The van der Waals surface area contributed by atoms with E-state index in [9.17, 15) is 4.79 Å². The maximum absolute atomic E-state index is 12.6. The molecule has 2 aromatic carbocycles.